The first-order chi connectivity index (χ1) is 6.23. The Balaban J connectivity index is 2.64. The summed E-state index contributed by atoms with van der Waals surface area (Å²) in [5, 5.41) is 0. The van der Waals surface area contributed by atoms with Gasteiger partial charge in [-0.25, -0.2) is 0 Å². The van der Waals surface area contributed by atoms with Crippen LogP contribution in [0, 0.1) is 0 Å². The molecule has 13 heavy (non-hydrogen) atoms. The van der Waals surface area contributed by atoms with Gasteiger partial charge in [0.15, 0.2) is 0 Å². The molecule has 1 rings (SSSR count). The van der Waals surface area contributed by atoms with Crippen molar-refractivity contribution in [3.8, 4) is 0 Å². The van der Waals surface area contributed by atoms with Crippen molar-refractivity contribution < 1.29 is 8.85 Å². The highest BCUT2D eigenvalue weighted by atomic mass is 28.4. The first-order valence-electron chi connectivity index (χ1n) is 4.86. The molecule has 0 spiro atoms. The molecule has 0 fully saturated rings. The summed E-state index contributed by atoms with van der Waals surface area (Å²) < 4.78 is 11.5. The molecule has 1 aliphatic rings. The van der Waals surface area contributed by atoms with Gasteiger partial charge in [-0.2, -0.15) is 0 Å². The van der Waals surface area contributed by atoms with Crippen molar-refractivity contribution >= 4 is 8.56 Å². The van der Waals surface area contributed by atoms with Crippen LogP contribution >= 0.6 is 0 Å². The normalized spacial score (nSPS) is 17.2. The largest absolute Gasteiger partial charge is 0.394 e. The van der Waals surface area contributed by atoms with Crippen molar-refractivity contribution in [3.63, 3.8) is 0 Å². The van der Waals surface area contributed by atoms with Crippen LogP contribution in [-0.2, 0) is 8.85 Å². The van der Waals surface area contributed by atoms with Gasteiger partial charge in [-0.05, 0) is 20.4 Å². The zero-order valence-electron chi connectivity index (χ0n) is 8.62. The highest BCUT2D eigenvalue weighted by Crippen LogP contribution is 2.30. The minimum absolute atomic E-state index is 0.382. The molecule has 0 bridgehead atoms. The minimum atomic E-state index is -1.99. The molecule has 1 aliphatic carbocycles. The van der Waals surface area contributed by atoms with Gasteiger partial charge in [0, 0.05) is 18.8 Å². The Labute approximate surface area is 81.5 Å². The van der Waals surface area contributed by atoms with Crippen molar-refractivity contribution in [1.82, 2.24) is 0 Å². The van der Waals surface area contributed by atoms with E-state index in [0.29, 0.717) is 5.54 Å². The molecule has 0 aromatic rings. The Kier molecular flexibility index (Phi) is 3.90. The quantitative estimate of drug-likeness (QED) is 0.632. The van der Waals surface area contributed by atoms with Crippen LogP contribution < -0.4 is 0 Å². The van der Waals surface area contributed by atoms with Gasteiger partial charge in [-0.3, -0.25) is 0 Å². The second-order valence-electron chi connectivity index (χ2n) is 3.18. The van der Waals surface area contributed by atoms with Crippen molar-refractivity contribution in [2.24, 2.45) is 0 Å². The zero-order valence-corrected chi connectivity index (χ0v) is 9.62. The third-order valence-corrected chi connectivity index (χ3v) is 5.54. The van der Waals surface area contributed by atoms with E-state index in [1.807, 2.05) is 13.8 Å². The first-order valence-corrected chi connectivity index (χ1v) is 7.25. The molecule has 0 atom stereocenters. The van der Waals surface area contributed by atoms with E-state index in [2.05, 4.69) is 30.9 Å². The summed E-state index contributed by atoms with van der Waals surface area (Å²) in [6.45, 7) is 7.64. The molecule has 0 heterocycles. The Bertz CT molecular complexity index is 193. The monoisotopic (exact) mass is 198 g/mol. The molecule has 0 unspecified atom stereocenters. The van der Waals surface area contributed by atoms with E-state index in [4.69, 9.17) is 8.85 Å². The summed E-state index contributed by atoms with van der Waals surface area (Å²) in [6.07, 6.45) is 8.46. The summed E-state index contributed by atoms with van der Waals surface area (Å²) in [4.78, 5) is 0. The fourth-order valence-electron chi connectivity index (χ4n) is 1.59. The maximum atomic E-state index is 5.77. The summed E-state index contributed by atoms with van der Waals surface area (Å²) in [6, 6.07) is 0. The lowest BCUT2D eigenvalue weighted by Gasteiger charge is -2.29. The summed E-state index contributed by atoms with van der Waals surface area (Å²) in [5.41, 5.74) is 0.382. The fourth-order valence-corrected chi connectivity index (χ4v) is 4.12. The van der Waals surface area contributed by atoms with Gasteiger partial charge in [0.25, 0.3) is 0 Å². The molecule has 0 aromatic carbocycles. The van der Waals surface area contributed by atoms with Gasteiger partial charge in [-0.1, -0.05) is 24.3 Å². The van der Waals surface area contributed by atoms with Crippen molar-refractivity contribution in [3.05, 3.63) is 24.3 Å². The Morgan fingerprint density at radius 2 is 1.54 bits per heavy atom. The standard InChI is InChI=1S/C10H18O2Si/c1-4-11-13(3,12-5-2)10-8-6-7-9-10/h6-10H,4-5H2,1-3H3. The molecule has 0 amide bonds. The molecule has 0 radical (unpaired) electrons. The molecule has 0 N–H and O–H groups in total. The summed E-state index contributed by atoms with van der Waals surface area (Å²) >= 11 is 0. The van der Waals surface area contributed by atoms with Crippen LogP contribution in [0.5, 0.6) is 0 Å². The van der Waals surface area contributed by atoms with E-state index in [1.54, 1.807) is 0 Å². The van der Waals surface area contributed by atoms with Crippen molar-refractivity contribution in [2.75, 3.05) is 13.2 Å². The van der Waals surface area contributed by atoms with Crippen molar-refractivity contribution in [2.45, 2.75) is 25.9 Å². The van der Waals surface area contributed by atoms with Crippen LogP contribution in [0.15, 0.2) is 24.3 Å². The summed E-state index contributed by atoms with van der Waals surface area (Å²) in [5.74, 6) is 0. The second kappa shape index (κ2) is 4.74. The molecular formula is C10H18O2Si. The molecule has 0 saturated heterocycles. The number of rotatable bonds is 5. The molecule has 0 aromatic heterocycles. The fraction of sp³-hybridized carbons (Fsp3) is 0.600. The van der Waals surface area contributed by atoms with E-state index in [-0.39, 0.29) is 0 Å². The topological polar surface area (TPSA) is 18.5 Å². The average Bonchev–Trinajstić information content (AvgIpc) is 2.57. The first kappa shape index (κ1) is 10.7. The molecule has 3 heteroatoms. The second-order valence-corrected chi connectivity index (χ2v) is 6.45. The number of hydrogen-bond acceptors (Lipinski definition) is 2. The maximum Gasteiger partial charge on any atom is 0.345 e. The van der Waals surface area contributed by atoms with Crippen LogP contribution in [-0.4, -0.2) is 21.8 Å². The highest BCUT2D eigenvalue weighted by molar-refractivity contribution is 6.68. The van der Waals surface area contributed by atoms with Gasteiger partial charge in [0.2, 0.25) is 0 Å². The van der Waals surface area contributed by atoms with Crippen LogP contribution in [0.2, 0.25) is 12.1 Å². The molecule has 2 nitrogen and oxygen atoms in total. The van der Waals surface area contributed by atoms with Crippen LogP contribution in [0.25, 0.3) is 0 Å². The van der Waals surface area contributed by atoms with E-state index >= 15 is 0 Å². The van der Waals surface area contributed by atoms with Crippen molar-refractivity contribution in [1.29, 1.82) is 0 Å². The SMILES string of the molecule is CCO[Si](C)(OCC)C1C=CC=C1. The minimum Gasteiger partial charge on any atom is -0.394 e. The molecule has 0 saturated carbocycles. The lowest BCUT2D eigenvalue weighted by Crippen LogP contribution is -2.42. The van der Waals surface area contributed by atoms with Gasteiger partial charge in [-0.15, -0.1) is 0 Å². The Morgan fingerprint density at radius 1 is 1.08 bits per heavy atom. The molecule has 74 valence electrons. The zero-order chi connectivity index (χ0) is 9.73. The van der Waals surface area contributed by atoms with Crippen LogP contribution in [0.1, 0.15) is 13.8 Å². The molecular weight excluding hydrogens is 180 g/mol. The Morgan fingerprint density at radius 3 is 1.92 bits per heavy atom. The van der Waals surface area contributed by atoms with Gasteiger partial charge in [0.05, 0.1) is 0 Å². The predicted molar refractivity (Wildman–Crippen MR) is 56.9 cm³/mol. The number of allylic oxidation sites excluding steroid dienone is 4. The predicted octanol–water partition coefficient (Wildman–Crippen LogP) is 2.63. The third-order valence-electron chi connectivity index (χ3n) is 2.22. The lowest BCUT2D eigenvalue weighted by atomic mass is 10.5. The lowest BCUT2D eigenvalue weighted by molar-refractivity contribution is 0.187. The number of hydrogen-bond donors (Lipinski definition) is 0. The summed E-state index contributed by atoms with van der Waals surface area (Å²) in [7, 11) is -1.99. The highest BCUT2D eigenvalue weighted by Gasteiger charge is 2.38. The van der Waals surface area contributed by atoms with Gasteiger partial charge in [0.1, 0.15) is 0 Å². The van der Waals surface area contributed by atoms with E-state index in [0.717, 1.165) is 13.2 Å². The van der Waals surface area contributed by atoms with Gasteiger partial charge < -0.3 is 8.85 Å². The smallest absolute Gasteiger partial charge is 0.345 e. The maximum absolute atomic E-state index is 5.77. The van der Waals surface area contributed by atoms with Gasteiger partial charge >= 0.3 is 8.56 Å². The molecule has 0 aliphatic heterocycles. The third kappa shape index (κ3) is 2.53. The van der Waals surface area contributed by atoms with Crippen LogP contribution in [0.4, 0.5) is 0 Å². The average molecular weight is 198 g/mol. The van der Waals surface area contributed by atoms with Crippen LogP contribution in [0.3, 0.4) is 0 Å². The Hall–Kier alpha value is -0.383. The van der Waals surface area contributed by atoms with E-state index < -0.39 is 8.56 Å². The van der Waals surface area contributed by atoms with E-state index in [1.165, 1.54) is 0 Å². The van der Waals surface area contributed by atoms with E-state index in [9.17, 15) is 0 Å².